The Morgan fingerprint density at radius 1 is 0.408 bits per heavy atom. The number of benzene rings is 8. The van der Waals surface area contributed by atoms with Crippen LogP contribution < -0.4 is 4.90 Å². The van der Waals surface area contributed by atoms with Gasteiger partial charge in [-0.15, -0.1) is 0 Å². The maximum Gasteiger partial charge on any atom is 0.0540 e. The molecule has 0 unspecified atom stereocenters. The normalized spacial score (nSPS) is 13.6. The number of anilines is 3. The molecule has 49 heavy (non-hydrogen) atoms. The predicted octanol–water partition coefficient (Wildman–Crippen LogP) is 14.0. The third kappa shape index (κ3) is 5.46. The molecule has 8 aromatic carbocycles. The van der Waals surface area contributed by atoms with Crippen molar-refractivity contribution in [2.24, 2.45) is 0 Å². The predicted molar refractivity (Wildman–Crippen MR) is 210 cm³/mol. The van der Waals surface area contributed by atoms with Gasteiger partial charge in [-0.25, -0.2) is 0 Å². The first kappa shape index (κ1) is 29.5. The minimum atomic E-state index is 0.611. The quantitative estimate of drug-likeness (QED) is 0.177. The number of para-hydroxylation sites is 1. The first-order valence-corrected chi connectivity index (χ1v) is 17.8. The highest BCUT2D eigenvalue weighted by Crippen LogP contribution is 2.46. The van der Waals surface area contributed by atoms with Gasteiger partial charge >= 0.3 is 0 Å². The van der Waals surface area contributed by atoms with Crippen molar-refractivity contribution in [3.05, 3.63) is 175 Å². The molecule has 1 saturated carbocycles. The Balaban J connectivity index is 1.27. The average molecular weight is 630 g/mol. The van der Waals surface area contributed by atoms with Gasteiger partial charge in [-0.3, -0.25) is 0 Å². The molecule has 0 bridgehead atoms. The molecule has 236 valence electrons. The van der Waals surface area contributed by atoms with Gasteiger partial charge in [-0.05, 0) is 104 Å². The molecule has 9 rings (SSSR count). The van der Waals surface area contributed by atoms with Crippen molar-refractivity contribution in [3.8, 4) is 22.3 Å². The zero-order valence-corrected chi connectivity index (χ0v) is 27.7. The number of nitrogens with zero attached hydrogens (tertiary/aromatic N) is 1. The molecule has 1 fully saturated rings. The molecule has 1 heteroatoms. The zero-order chi connectivity index (χ0) is 32.6. The molecule has 1 nitrogen and oxygen atoms in total. The summed E-state index contributed by atoms with van der Waals surface area (Å²) >= 11 is 0. The van der Waals surface area contributed by atoms with Crippen LogP contribution in [0.4, 0.5) is 17.1 Å². The molecule has 0 N–H and O–H groups in total. The number of rotatable bonds is 6. The van der Waals surface area contributed by atoms with Gasteiger partial charge in [0.1, 0.15) is 0 Å². The van der Waals surface area contributed by atoms with E-state index in [0.29, 0.717) is 5.92 Å². The molecule has 1 aliphatic rings. The Morgan fingerprint density at radius 2 is 1.04 bits per heavy atom. The lowest BCUT2D eigenvalue weighted by Gasteiger charge is -2.29. The summed E-state index contributed by atoms with van der Waals surface area (Å²) in [5.41, 5.74) is 10.00. The first-order chi connectivity index (χ1) is 24.3. The van der Waals surface area contributed by atoms with E-state index in [1.54, 1.807) is 0 Å². The molecule has 0 heterocycles. The smallest absolute Gasteiger partial charge is 0.0540 e. The van der Waals surface area contributed by atoms with Crippen molar-refractivity contribution in [2.45, 2.75) is 38.0 Å². The largest absolute Gasteiger partial charge is 0.310 e. The molecular formula is C48H39N. The topological polar surface area (TPSA) is 3.24 Å². The molecule has 0 amide bonds. The van der Waals surface area contributed by atoms with Gasteiger partial charge in [0, 0.05) is 16.9 Å². The minimum absolute atomic E-state index is 0.611. The van der Waals surface area contributed by atoms with Crippen molar-refractivity contribution in [1.82, 2.24) is 0 Å². The Morgan fingerprint density at radius 3 is 1.92 bits per heavy atom. The summed E-state index contributed by atoms with van der Waals surface area (Å²) in [4.78, 5) is 2.47. The summed E-state index contributed by atoms with van der Waals surface area (Å²) in [7, 11) is 0. The molecule has 0 spiro atoms. The lowest BCUT2D eigenvalue weighted by atomic mass is 9.80. The molecular weight excluding hydrogens is 591 g/mol. The molecule has 0 aliphatic heterocycles. The first-order valence-electron chi connectivity index (χ1n) is 17.8. The van der Waals surface area contributed by atoms with E-state index in [0.717, 1.165) is 11.4 Å². The van der Waals surface area contributed by atoms with Crippen LogP contribution in [0.1, 0.15) is 43.6 Å². The van der Waals surface area contributed by atoms with Crippen LogP contribution in [0, 0.1) is 0 Å². The standard InChI is InChI=1S/C48H39N/c1-2-15-36(16-3-1)44-27-12-20-37-21-13-28-46(48(37)44)45-25-8-9-29-47(45)49(41-31-30-34-14-4-5-18-38(34)32-41)40-23-10-22-39(33-40)43-26-11-19-35-17-6-7-24-42(35)43/h4-14,17-33,36H,1-3,15-16H2. The number of hydrogen-bond donors (Lipinski definition) is 0. The van der Waals surface area contributed by atoms with Crippen LogP contribution in [0.25, 0.3) is 54.6 Å². The third-order valence-electron chi connectivity index (χ3n) is 10.6. The SMILES string of the molecule is c1cc(-c2cccc3ccccc23)cc(N(c2ccc3ccccc3c2)c2ccccc2-c2cccc3cccc(C4CCCCC4)c23)c1. The van der Waals surface area contributed by atoms with Gasteiger partial charge in [-0.2, -0.15) is 0 Å². The minimum Gasteiger partial charge on any atom is -0.310 e. The summed E-state index contributed by atoms with van der Waals surface area (Å²) < 4.78 is 0. The molecule has 0 radical (unpaired) electrons. The van der Waals surface area contributed by atoms with Gasteiger partial charge in [0.15, 0.2) is 0 Å². The second kappa shape index (κ2) is 12.7. The molecule has 1 aliphatic carbocycles. The van der Waals surface area contributed by atoms with Crippen LogP contribution >= 0.6 is 0 Å². The summed E-state index contributed by atoms with van der Waals surface area (Å²) in [6, 6.07) is 62.8. The van der Waals surface area contributed by atoms with Crippen molar-refractivity contribution in [1.29, 1.82) is 0 Å². The summed E-state index contributed by atoms with van der Waals surface area (Å²) in [6.45, 7) is 0. The second-order valence-electron chi connectivity index (χ2n) is 13.5. The van der Waals surface area contributed by atoms with E-state index in [1.165, 1.54) is 97.9 Å². The number of hydrogen-bond acceptors (Lipinski definition) is 1. The van der Waals surface area contributed by atoms with Crippen LogP contribution in [-0.4, -0.2) is 0 Å². The summed E-state index contributed by atoms with van der Waals surface area (Å²) in [5.74, 6) is 0.611. The highest BCUT2D eigenvalue weighted by molar-refractivity contribution is 6.04. The number of fused-ring (bicyclic) bond motifs is 3. The third-order valence-corrected chi connectivity index (χ3v) is 10.6. The van der Waals surface area contributed by atoms with E-state index in [1.807, 2.05) is 0 Å². The Hall–Kier alpha value is -5.66. The van der Waals surface area contributed by atoms with Crippen LogP contribution in [0.5, 0.6) is 0 Å². The van der Waals surface area contributed by atoms with Crippen molar-refractivity contribution < 1.29 is 0 Å². The van der Waals surface area contributed by atoms with Crippen LogP contribution in [0.15, 0.2) is 170 Å². The van der Waals surface area contributed by atoms with Gasteiger partial charge < -0.3 is 4.90 Å². The fraction of sp³-hybridized carbons (Fsp3) is 0.125. The van der Waals surface area contributed by atoms with Crippen molar-refractivity contribution in [2.75, 3.05) is 4.90 Å². The monoisotopic (exact) mass is 629 g/mol. The summed E-state index contributed by atoms with van der Waals surface area (Å²) in [5, 5.41) is 7.74. The van der Waals surface area contributed by atoms with Crippen LogP contribution in [0.3, 0.4) is 0 Å². The highest BCUT2D eigenvalue weighted by atomic mass is 15.1. The molecule has 0 saturated heterocycles. The van der Waals surface area contributed by atoms with E-state index in [4.69, 9.17) is 0 Å². The molecule has 0 atom stereocenters. The van der Waals surface area contributed by atoms with E-state index in [-0.39, 0.29) is 0 Å². The maximum atomic E-state index is 2.47. The highest BCUT2D eigenvalue weighted by Gasteiger charge is 2.23. The Labute approximate surface area is 289 Å². The molecule has 8 aromatic rings. The lowest BCUT2D eigenvalue weighted by Crippen LogP contribution is -2.11. The van der Waals surface area contributed by atoms with Gasteiger partial charge in [0.25, 0.3) is 0 Å². The zero-order valence-electron chi connectivity index (χ0n) is 27.7. The van der Waals surface area contributed by atoms with Crippen LogP contribution in [-0.2, 0) is 0 Å². The van der Waals surface area contributed by atoms with E-state index >= 15 is 0 Å². The maximum absolute atomic E-state index is 2.47. The molecule has 0 aromatic heterocycles. The van der Waals surface area contributed by atoms with Crippen molar-refractivity contribution in [3.63, 3.8) is 0 Å². The average Bonchev–Trinajstić information content (AvgIpc) is 3.18. The fourth-order valence-corrected chi connectivity index (χ4v) is 8.28. The Kier molecular flexibility index (Phi) is 7.67. The van der Waals surface area contributed by atoms with Crippen molar-refractivity contribution >= 4 is 49.4 Å². The van der Waals surface area contributed by atoms with Gasteiger partial charge in [-0.1, -0.05) is 159 Å². The van der Waals surface area contributed by atoms with Gasteiger partial charge in [0.2, 0.25) is 0 Å². The Bertz CT molecular complexity index is 2440. The van der Waals surface area contributed by atoms with E-state index in [2.05, 4.69) is 175 Å². The summed E-state index contributed by atoms with van der Waals surface area (Å²) in [6.07, 6.45) is 6.55. The lowest BCUT2D eigenvalue weighted by molar-refractivity contribution is 0.445. The van der Waals surface area contributed by atoms with Crippen LogP contribution in [0.2, 0.25) is 0 Å². The second-order valence-corrected chi connectivity index (χ2v) is 13.5. The van der Waals surface area contributed by atoms with E-state index < -0.39 is 0 Å². The fourth-order valence-electron chi connectivity index (χ4n) is 8.28. The van der Waals surface area contributed by atoms with Gasteiger partial charge in [0.05, 0.1) is 5.69 Å². The van der Waals surface area contributed by atoms with E-state index in [9.17, 15) is 0 Å².